The number of hydrogen-bond donors (Lipinski definition) is 0. The van der Waals surface area contributed by atoms with E-state index in [1.54, 1.807) is 19.1 Å². The van der Waals surface area contributed by atoms with Crippen LogP contribution in [0.1, 0.15) is 45.0 Å². The summed E-state index contributed by atoms with van der Waals surface area (Å²) in [6.07, 6.45) is 2.61. The fourth-order valence-electron chi connectivity index (χ4n) is 3.07. The van der Waals surface area contributed by atoms with Crippen molar-refractivity contribution in [1.82, 2.24) is 9.97 Å². The molecule has 1 saturated carbocycles. The molecule has 0 spiro atoms. The van der Waals surface area contributed by atoms with Crippen LogP contribution in [0.3, 0.4) is 0 Å². The molecule has 5 nitrogen and oxygen atoms in total. The van der Waals surface area contributed by atoms with E-state index in [0.717, 1.165) is 31.1 Å². The van der Waals surface area contributed by atoms with Crippen LogP contribution in [0.4, 0.5) is 8.78 Å². The maximum atomic E-state index is 13.4. The number of thiazole rings is 1. The number of hydrogen-bond acceptors (Lipinski definition) is 6. The van der Waals surface area contributed by atoms with Crippen LogP contribution in [-0.4, -0.2) is 35.1 Å². The second-order valence-corrected chi connectivity index (χ2v) is 8.47. The van der Waals surface area contributed by atoms with E-state index in [-0.39, 0.29) is 22.8 Å². The van der Waals surface area contributed by atoms with E-state index in [0.29, 0.717) is 41.8 Å². The molecule has 1 fully saturated rings. The molecule has 0 unspecified atom stereocenters. The van der Waals surface area contributed by atoms with Crippen molar-refractivity contribution in [3.8, 4) is 5.88 Å². The van der Waals surface area contributed by atoms with Gasteiger partial charge in [0.05, 0.1) is 12.7 Å². The summed E-state index contributed by atoms with van der Waals surface area (Å²) in [5.41, 5.74) is 0.459. The number of halogens is 2. The van der Waals surface area contributed by atoms with Crippen LogP contribution in [0.5, 0.6) is 5.88 Å². The zero-order valence-corrected chi connectivity index (χ0v) is 16.5. The Bertz CT molecular complexity index is 800. The van der Waals surface area contributed by atoms with Crippen molar-refractivity contribution in [3.63, 3.8) is 0 Å². The standard InChI is InChI=1S/C19H24F2N2O3S/c1-11(6-12(2)24)9-25-14-7-13(8-14)10-26-16-5-4-15-17(23-16)27-18(22-15)19(3,20)21/h4-5,11,13-14H,6-10H2,1-3H3/t11-,13?,14?/m1/s1. The first-order valence-corrected chi connectivity index (χ1v) is 9.92. The molecule has 2 heterocycles. The van der Waals surface area contributed by atoms with E-state index in [2.05, 4.69) is 9.97 Å². The first kappa shape index (κ1) is 20.1. The lowest BCUT2D eigenvalue weighted by Gasteiger charge is -2.35. The quantitative estimate of drug-likeness (QED) is 0.618. The van der Waals surface area contributed by atoms with Gasteiger partial charge in [-0.05, 0) is 37.7 Å². The van der Waals surface area contributed by atoms with E-state index in [1.165, 1.54) is 0 Å². The molecule has 1 aliphatic carbocycles. The predicted molar refractivity (Wildman–Crippen MR) is 99.4 cm³/mol. The number of Topliss-reactive ketones (excluding diaryl/α,β-unsaturated/α-hetero) is 1. The van der Waals surface area contributed by atoms with Gasteiger partial charge in [-0.3, -0.25) is 0 Å². The van der Waals surface area contributed by atoms with E-state index in [9.17, 15) is 13.6 Å². The van der Waals surface area contributed by atoms with Crippen LogP contribution < -0.4 is 4.74 Å². The Morgan fingerprint density at radius 3 is 2.78 bits per heavy atom. The second-order valence-electron chi connectivity index (χ2n) is 7.50. The van der Waals surface area contributed by atoms with E-state index in [4.69, 9.17) is 9.47 Å². The summed E-state index contributed by atoms with van der Waals surface area (Å²) in [4.78, 5) is 19.7. The number of alkyl halides is 2. The van der Waals surface area contributed by atoms with Crippen LogP contribution in [0, 0.1) is 11.8 Å². The highest BCUT2D eigenvalue weighted by molar-refractivity contribution is 7.18. The van der Waals surface area contributed by atoms with E-state index in [1.807, 2.05) is 6.92 Å². The first-order chi connectivity index (χ1) is 12.7. The highest BCUT2D eigenvalue weighted by atomic mass is 32.1. The number of nitrogens with zero attached hydrogens (tertiary/aromatic N) is 2. The monoisotopic (exact) mass is 398 g/mol. The number of carbonyl (C=O) groups is 1. The van der Waals surface area contributed by atoms with Gasteiger partial charge in [0, 0.05) is 26.0 Å². The molecule has 0 amide bonds. The molecule has 0 saturated heterocycles. The maximum absolute atomic E-state index is 13.4. The van der Waals surface area contributed by atoms with Gasteiger partial charge in [0.2, 0.25) is 5.88 Å². The van der Waals surface area contributed by atoms with Crippen molar-refractivity contribution in [2.24, 2.45) is 11.8 Å². The van der Waals surface area contributed by atoms with Crippen LogP contribution in [0.2, 0.25) is 0 Å². The summed E-state index contributed by atoms with van der Waals surface area (Å²) in [7, 11) is 0. The largest absolute Gasteiger partial charge is 0.477 e. The van der Waals surface area contributed by atoms with E-state index < -0.39 is 5.92 Å². The molecular weight excluding hydrogens is 374 g/mol. The number of ether oxygens (including phenoxy) is 2. The number of rotatable bonds is 9. The average molecular weight is 398 g/mol. The number of carbonyl (C=O) groups excluding carboxylic acids is 1. The summed E-state index contributed by atoms with van der Waals surface area (Å²) < 4.78 is 38.3. The van der Waals surface area contributed by atoms with Crippen LogP contribution in [0.15, 0.2) is 12.1 Å². The topological polar surface area (TPSA) is 61.3 Å². The highest BCUT2D eigenvalue weighted by Crippen LogP contribution is 2.34. The predicted octanol–water partition coefficient (Wildman–Crippen LogP) is 4.59. The number of ketones is 1. The van der Waals surface area contributed by atoms with Gasteiger partial charge in [0.1, 0.15) is 16.1 Å². The summed E-state index contributed by atoms with van der Waals surface area (Å²) in [5.74, 6) is -1.71. The Morgan fingerprint density at radius 2 is 2.11 bits per heavy atom. The highest BCUT2D eigenvalue weighted by Gasteiger charge is 2.31. The van der Waals surface area contributed by atoms with Crippen LogP contribution >= 0.6 is 11.3 Å². The Hall–Kier alpha value is -1.67. The summed E-state index contributed by atoms with van der Waals surface area (Å²) >= 11 is 0.890. The lowest BCUT2D eigenvalue weighted by atomic mass is 9.83. The minimum absolute atomic E-state index is 0.186. The van der Waals surface area contributed by atoms with Crippen molar-refractivity contribution in [1.29, 1.82) is 0 Å². The van der Waals surface area contributed by atoms with Gasteiger partial charge in [0.25, 0.3) is 5.92 Å². The van der Waals surface area contributed by atoms with E-state index >= 15 is 0 Å². The SMILES string of the molecule is CC(=O)C[C@@H](C)COC1CC(COc2ccc3nc(C(C)(F)F)sc3n2)C1. The fourth-order valence-corrected chi connectivity index (χ4v) is 3.93. The Kier molecular flexibility index (Phi) is 6.05. The smallest absolute Gasteiger partial charge is 0.296 e. The third kappa shape index (κ3) is 5.42. The zero-order chi connectivity index (χ0) is 19.6. The van der Waals surface area contributed by atoms with Crippen molar-refractivity contribution in [2.45, 2.75) is 52.1 Å². The molecule has 0 aliphatic heterocycles. The third-order valence-electron chi connectivity index (χ3n) is 4.52. The summed E-state index contributed by atoms with van der Waals surface area (Å²) in [6.45, 7) is 5.57. The van der Waals surface area contributed by atoms with Crippen molar-refractivity contribution < 1.29 is 23.0 Å². The summed E-state index contributed by atoms with van der Waals surface area (Å²) in [5, 5.41) is -0.236. The maximum Gasteiger partial charge on any atom is 0.296 e. The molecular formula is C19H24F2N2O3S. The van der Waals surface area contributed by atoms with Gasteiger partial charge in [0.15, 0.2) is 5.01 Å². The summed E-state index contributed by atoms with van der Waals surface area (Å²) in [6, 6.07) is 3.32. The Labute approximate surface area is 161 Å². The van der Waals surface area contributed by atoms with Crippen LogP contribution in [0.25, 0.3) is 10.3 Å². The number of fused-ring (bicyclic) bond motifs is 1. The second kappa shape index (κ2) is 8.14. The normalized spacial score (nSPS) is 21.1. The number of pyridine rings is 1. The van der Waals surface area contributed by atoms with Crippen molar-refractivity contribution >= 4 is 27.5 Å². The van der Waals surface area contributed by atoms with Gasteiger partial charge in [-0.2, -0.15) is 8.78 Å². The Morgan fingerprint density at radius 1 is 1.37 bits per heavy atom. The van der Waals surface area contributed by atoms with Gasteiger partial charge >= 0.3 is 0 Å². The molecule has 0 bridgehead atoms. The van der Waals surface area contributed by atoms with Gasteiger partial charge in [-0.1, -0.05) is 18.3 Å². The molecule has 8 heteroatoms. The third-order valence-corrected chi connectivity index (χ3v) is 5.65. The van der Waals surface area contributed by atoms with Gasteiger partial charge in [-0.15, -0.1) is 0 Å². The minimum atomic E-state index is -2.96. The first-order valence-electron chi connectivity index (χ1n) is 9.10. The average Bonchev–Trinajstić information content (AvgIpc) is 2.95. The molecule has 3 rings (SSSR count). The molecule has 2 aromatic rings. The lowest BCUT2D eigenvalue weighted by molar-refractivity contribution is -0.119. The number of aromatic nitrogens is 2. The Balaban J connectivity index is 1.43. The molecule has 0 aromatic carbocycles. The van der Waals surface area contributed by atoms with Crippen LogP contribution in [-0.2, 0) is 15.5 Å². The van der Waals surface area contributed by atoms with Crippen molar-refractivity contribution in [2.75, 3.05) is 13.2 Å². The molecule has 1 atom stereocenters. The zero-order valence-electron chi connectivity index (χ0n) is 15.7. The molecule has 27 heavy (non-hydrogen) atoms. The van der Waals surface area contributed by atoms with Gasteiger partial charge in [-0.25, -0.2) is 9.97 Å². The fraction of sp³-hybridized carbons (Fsp3) is 0.632. The lowest BCUT2D eigenvalue weighted by Crippen LogP contribution is -2.36. The molecule has 148 valence electrons. The molecule has 0 N–H and O–H groups in total. The van der Waals surface area contributed by atoms with Crippen molar-refractivity contribution in [3.05, 3.63) is 17.1 Å². The minimum Gasteiger partial charge on any atom is -0.477 e. The molecule has 0 radical (unpaired) electrons. The molecule has 2 aromatic heterocycles. The van der Waals surface area contributed by atoms with Gasteiger partial charge < -0.3 is 14.3 Å². The molecule has 1 aliphatic rings.